The Labute approximate surface area is 103 Å². The average molecular weight is 237 g/mol. The second kappa shape index (κ2) is 5.89. The molecule has 0 aliphatic rings. The van der Waals surface area contributed by atoms with Crippen molar-refractivity contribution in [3.63, 3.8) is 0 Å². The Kier molecular flexibility index (Phi) is 4.79. The molecule has 17 heavy (non-hydrogen) atoms. The van der Waals surface area contributed by atoms with E-state index in [-0.39, 0.29) is 0 Å². The molecular weight excluding hydrogens is 214 g/mol. The minimum Gasteiger partial charge on any atom is -0.478 e. The van der Waals surface area contributed by atoms with Crippen LogP contribution < -0.4 is 0 Å². The van der Waals surface area contributed by atoms with E-state index in [1.807, 2.05) is 6.20 Å². The molecule has 0 unspecified atom stereocenters. The average Bonchev–Trinajstić information content (AvgIpc) is 2.63. The number of carboxylic acids is 1. The largest absolute Gasteiger partial charge is 0.478 e. The molecule has 0 aliphatic heterocycles. The highest BCUT2D eigenvalue weighted by molar-refractivity contribution is 5.89. The van der Waals surface area contributed by atoms with Gasteiger partial charge in [0.15, 0.2) is 0 Å². The summed E-state index contributed by atoms with van der Waals surface area (Å²) in [6.45, 7) is 9.42. The highest BCUT2D eigenvalue weighted by atomic mass is 16.4. The van der Waals surface area contributed by atoms with Crippen molar-refractivity contribution in [1.29, 1.82) is 0 Å². The number of nitrogens with zero attached hydrogens (tertiary/aromatic N) is 1. The first-order valence-electron chi connectivity index (χ1n) is 6.43. The summed E-state index contributed by atoms with van der Waals surface area (Å²) >= 11 is 0. The Morgan fingerprint density at radius 3 is 2.35 bits per heavy atom. The van der Waals surface area contributed by atoms with Gasteiger partial charge in [-0.2, -0.15) is 0 Å². The minimum absolute atomic E-state index is 0.342. The maximum absolute atomic E-state index is 11.2. The summed E-state index contributed by atoms with van der Waals surface area (Å²) in [5, 5.41) is 9.24. The van der Waals surface area contributed by atoms with Crippen LogP contribution in [-0.2, 0) is 6.54 Å². The molecule has 1 heterocycles. The fourth-order valence-corrected chi connectivity index (χ4v) is 2.35. The van der Waals surface area contributed by atoms with Crippen LogP contribution in [-0.4, -0.2) is 15.6 Å². The SMILES string of the molecule is CCC(CC)c1c(C(=O)O)ccn1CC(C)C. The van der Waals surface area contributed by atoms with Crippen molar-refractivity contribution in [2.45, 2.75) is 53.0 Å². The third kappa shape index (κ3) is 3.11. The molecule has 0 amide bonds. The summed E-state index contributed by atoms with van der Waals surface area (Å²) in [6, 6.07) is 1.73. The fourth-order valence-electron chi connectivity index (χ4n) is 2.35. The van der Waals surface area contributed by atoms with Crippen molar-refractivity contribution >= 4 is 5.97 Å². The Hall–Kier alpha value is -1.25. The predicted molar refractivity (Wildman–Crippen MR) is 69.6 cm³/mol. The van der Waals surface area contributed by atoms with E-state index in [0.717, 1.165) is 25.1 Å². The van der Waals surface area contributed by atoms with Crippen molar-refractivity contribution in [3.8, 4) is 0 Å². The first-order chi connectivity index (χ1) is 8.01. The van der Waals surface area contributed by atoms with Crippen LogP contribution >= 0.6 is 0 Å². The van der Waals surface area contributed by atoms with Crippen molar-refractivity contribution in [1.82, 2.24) is 4.57 Å². The Morgan fingerprint density at radius 1 is 1.35 bits per heavy atom. The van der Waals surface area contributed by atoms with Crippen molar-refractivity contribution in [2.75, 3.05) is 0 Å². The molecule has 1 rings (SSSR count). The molecule has 0 spiro atoms. The number of carbonyl (C=O) groups is 1. The van der Waals surface area contributed by atoms with E-state index < -0.39 is 5.97 Å². The van der Waals surface area contributed by atoms with Gasteiger partial charge in [-0.3, -0.25) is 0 Å². The Balaban J connectivity index is 3.18. The molecule has 0 radical (unpaired) electrons. The summed E-state index contributed by atoms with van der Waals surface area (Å²) in [7, 11) is 0. The third-order valence-electron chi connectivity index (χ3n) is 3.17. The van der Waals surface area contributed by atoms with E-state index in [1.165, 1.54) is 0 Å². The van der Waals surface area contributed by atoms with E-state index in [4.69, 9.17) is 0 Å². The monoisotopic (exact) mass is 237 g/mol. The Bertz CT molecular complexity index is 376. The zero-order valence-corrected chi connectivity index (χ0v) is 11.2. The lowest BCUT2D eigenvalue weighted by atomic mass is 9.96. The van der Waals surface area contributed by atoms with Gasteiger partial charge in [0.1, 0.15) is 0 Å². The predicted octanol–water partition coefficient (Wildman–Crippen LogP) is 3.75. The highest BCUT2D eigenvalue weighted by Gasteiger charge is 2.21. The summed E-state index contributed by atoms with van der Waals surface area (Å²) in [6.07, 6.45) is 3.88. The van der Waals surface area contributed by atoms with E-state index in [9.17, 15) is 9.90 Å². The maximum atomic E-state index is 11.2. The van der Waals surface area contributed by atoms with Gasteiger partial charge in [-0.1, -0.05) is 27.7 Å². The molecule has 0 atom stereocenters. The second-order valence-electron chi connectivity index (χ2n) is 4.98. The molecule has 0 fully saturated rings. The Morgan fingerprint density at radius 2 is 1.94 bits per heavy atom. The van der Waals surface area contributed by atoms with Gasteiger partial charge in [0.25, 0.3) is 0 Å². The second-order valence-corrected chi connectivity index (χ2v) is 4.98. The van der Waals surface area contributed by atoms with E-state index >= 15 is 0 Å². The normalized spacial score (nSPS) is 11.4. The van der Waals surface area contributed by atoms with Gasteiger partial charge in [-0.05, 0) is 30.7 Å². The van der Waals surface area contributed by atoms with Gasteiger partial charge in [-0.25, -0.2) is 4.79 Å². The van der Waals surface area contributed by atoms with Crippen LogP contribution in [0.2, 0.25) is 0 Å². The number of aromatic nitrogens is 1. The maximum Gasteiger partial charge on any atom is 0.337 e. The van der Waals surface area contributed by atoms with Crippen LogP contribution in [0.25, 0.3) is 0 Å². The van der Waals surface area contributed by atoms with Crippen molar-refractivity contribution in [2.24, 2.45) is 5.92 Å². The molecule has 1 N–H and O–H groups in total. The molecule has 0 bridgehead atoms. The first kappa shape index (κ1) is 13.8. The molecule has 0 aromatic carbocycles. The molecule has 0 aliphatic carbocycles. The summed E-state index contributed by atoms with van der Waals surface area (Å²) < 4.78 is 2.12. The van der Waals surface area contributed by atoms with Gasteiger partial charge in [-0.15, -0.1) is 0 Å². The topological polar surface area (TPSA) is 42.2 Å². The number of aromatic carboxylic acids is 1. The zero-order chi connectivity index (χ0) is 13.0. The molecule has 1 aromatic rings. The summed E-state index contributed by atoms with van der Waals surface area (Å²) in [4.78, 5) is 11.2. The number of carboxylic acid groups (broad SMARTS) is 1. The lowest BCUT2D eigenvalue weighted by Gasteiger charge is -2.19. The van der Waals surface area contributed by atoms with Gasteiger partial charge in [0.05, 0.1) is 5.56 Å². The third-order valence-corrected chi connectivity index (χ3v) is 3.17. The van der Waals surface area contributed by atoms with Gasteiger partial charge in [0, 0.05) is 18.4 Å². The fraction of sp³-hybridized carbons (Fsp3) is 0.643. The first-order valence-corrected chi connectivity index (χ1v) is 6.43. The summed E-state index contributed by atoms with van der Waals surface area (Å²) in [5.41, 5.74) is 1.47. The molecule has 96 valence electrons. The number of rotatable bonds is 6. The van der Waals surface area contributed by atoms with Gasteiger partial charge in [0.2, 0.25) is 0 Å². The molecule has 3 heteroatoms. The van der Waals surface area contributed by atoms with Crippen LogP contribution in [0.15, 0.2) is 12.3 Å². The smallest absolute Gasteiger partial charge is 0.337 e. The van der Waals surface area contributed by atoms with Crippen LogP contribution in [0.3, 0.4) is 0 Å². The van der Waals surface area contributed by atoms with Crippen molar-refractivity contribution in [3.05, 3.63) is 23.5 Å². The minimum atomic E-state index is -0.811. The van der Waals surface area contributed by atoms with Crippen LogP contribution in [0.1, 0.15) is 62.5 Å². The molecule has 0 saturated carbocycles. The molecule has 0 saturated heterocycles. The quantitative estimate of drug-likeness (QED) is 0.818. The van der Waals surface area contributed by atoms with Gasteiger partial charge >= 0.3 is 5.97 Å². The molecule has 1 aromatic heterocycles. The van der Waals surface area contributed by atoms with Crippen LogP contribution in [0, 0.1) is 5.92 Å². The van der Waals surface area contributed by atoms with E-state index in [2.05, 4.69) is 32.3 Å². The van der Waals surface area contributed by atoms with Crippen LogP contribution in [0.4, 0.5) is 0 Å². The van der Waals surface area contributed by atoms with Crippen LogP contribution in [0.5, 0.6) is 0 Å². The standard InChI is InChI=1S/C14H23NO2/c1-5-11(6-2)13-12(14(16)17)7-8-15(13)9-10(3)4/h7-8,10-11H,5-6,9H2,1-4H3,(H,16,17). The number of hydrogen-bond acceptors (Lipinski definition) is 1. The van der Waals surface area contributed by atoms with Crippen molar-refractivity contribution < 1.29 is 9.90 Å². The van der Waals surface area contributed by atoms with E-state index in [0.29, 0.717) is 17.4 Å². The summed E-state index contributed by atoms with van der Waals surface area (Å²) in [5.74, 6) is 0.0569. The number of hydrogen-bond donors (Lipinski definition) is 1. The van der Waals surface area contributed by atoms with Gasteiger partial charge < -0.3 is 9.67 Å². The lowest BCUT2D eigenvalue weighted by molar-refractivity contribution is 0.0694. The highest BCUT2D eigenvalue weighted by Crippen LogP contribution is 2.28. The van der Waals surface area contributed by atoms with E-state index in [1.54, 1.807) is 6.07 Å². The molecular formula is C14H23NO2. The zero-order valence-electron chi connectivity index (χ0n) is 11.2. The molecule has 3 nitrogen and oxygen atoms in total. The lowest BCUT2D eigenvalue weighted by Crippen LogP contribution is -2.13.